The average Bonchev–Trinajstić information content (AvgIpc) is 3.34. The van der Waals surface area contributed by atoms with Crippen molar-refractivity contribution in [3.8, 4) is 33.5 Å². The summed E-state index contributed by atoms with van der Waals surface area (Å²) in [5.74, 6) is 2.27. The topological polar surface area (TPSA) is 115 Å². The van der Waals surface area contributed by atoms with Gasteiger partial charge in [-0.1, -0.05) is 29.5 Å². The molecule has 43 heavy (non-hydrogen) atoms. The molecule has 0 unspecified atom stereocenters. The second-order valence-electron chi connectivity index (χ2n) is 11.4. The van der Waals surface area contributed by atoms with Crippen LogP contribution in [0.2, 0.25) is 0 Å². The Morgan fingerprint density at radius 1 is 1.02 bits per heavy atom. The van der Waals surface area contributed by atoms with Gasteiger partial charge in [0.05, 0.1) is 0 Å². The van der Waals surface area contributed by atoms with E-state index in [0.29, 0.717) is 77.9 Å². The molecular formula is C30H28F2N6O4S. The minimum Gasteiger partial charge on any atom is -0.457 e. The molecule has 2 aromatic carbocycles. The van der Waals surface area contributed by atoms with Gasteiger partial charge in [-0.15, -0.1) is 10.2 Å². The number of amides is 2. The van der Waals surface area contributed by atoms with Crippen LogP contribution in [0.3, 0.4) is 0 Å². The van der Waals surface area contributed by atoms with Crippen molar-refractivity contribution < 1.29 is 27.6 Å². The number of likely N-dealkylation sites (tertiary alicyclic amines) is 2. The first kappa shape index (κ1) is 27.6. The number of carbonyl (C=O) groups is 2. The minimum absolute atomic E-state index is 0.0972. The van der Waals surface area contributed by atoms with Crippen molar-refractivity contribution in [1.29, 1.82) is 0 Å². The maximum Gasteiger partial charge on any atom is 0.291 e. The second-order valence-corrected chi connectivity index (χ2v) is 12.4. The Balaban J connectivity index is 1.14. The monoisotopic (exact) mass is 606 g/mol. The first-order valence-corrected chi connectivity index (χ1v) is 15.1. The summed E-state index contributed by atoms with van der Waals surface area (Å²) in [7, 11) is 0. The summed E-state index contributed by atoms with van der Waals surface area (Å²) in [5.41, 5.74) is 2.10. The summed E-state index contributed by atoms with van der Waals surface area (Å²) in [6, 6.07) is 12.8. The largest absolute Gasteiger partial charge is 0.457 e. The van der Waals surface area contributed by atoms with E-state index in [0.717, 1.165) is 29.7 Å². The summed E-state index contributed by atoms with van der Waals surface area (Å²) < 4.78 is 37.9. The molecule has 2 aromatic heterocycles. The van der Waals surface area contributed by atoms with Gasteiger partial charge in [0.1, 0.15) is 16.5 Å². The van der Waals surface area contributed by atoms with E-state index in [9.17, 15) is 18.4 Å². The summed E-state index contributed by atoms with van der Waals surface area (Å²) in [4.78, 5) is 33.4. The average molecular weight is 607 g/mol. The van der Waals surface area contributed by atoms with Gasteiger partial charge in [0.15, 0.2) is 10.8 Å². The standard InChI is InChI=1S/C30H28F2N6O4S/c1-16-10-24(39)37(13-16)14-19-3-2-18(28-33-27(36-42-28)20-12-25(40)38(15-20)21-6-7-21)11-23(19)41-22-8-4-17(5-9-22)29-34-35-30(43-29)26(31)32/h2-5,8-9,11,16,20-21,26H,6-7,10,12-15H2,1H3/t16-,20-/m0/s1. The molecule has 1 saturated carbocycles. The fraction of sp³-hybridized carbons (Fsp3) is 0.400. The lowest BCUT2D eigenvalue weighted by atomic mass is 10.1. The number of benzene rings is 2. The number of nitrogens with zero attached hydrogens (tertiary/aromatic N) is 6. The van der Waals surface area contributed by atoms with Gasteiger partial charge in [0, 0.05) is 61.1 Å². The molecule has 2 amide bonds. The van der Waals surface area contributed by atoms with E-state index >= 15 is 0 Å². The summed E-state index contributed by atoms with van der Waals surface area (Å²) >= 11 is 0.844. The van der Waals surface area contributed by atoms with Gasteiger partial charge in [-0.25, -0.2) is 8.78 Å². The van der Waals surface area contributed by atoms with Crippen LogP contribution in [-0.2, 0) is 16.1 Å². The van der Waals surface area contributed by atoms with Crippen molar-refractivity contribution >= 4 is 23.2 Å². The van der Waals surface area contributed by atoms with Crippen LogP contribution >= 0.6 is 11.3 Å². The first-order valence-electron chi connectivity index (χ1n) is 14.2. The first-order chi connectivity index (χ1) is 20.8. The third-order valence-corrected chi connectivity index (χ3v) is 8.97. The Bertz CT molecular complexity index is 1670. The molecule has 222 valence electrons. The number of aromatic nitrogens is 4. The van der Waals surface area contributed by atoms with E-state index in [2.05, 4.69) is 27.3 Å². The molecule has 1 aliphatic carbocycles. The molecule has 2 atom stereocenters. The van der Waals surface area contributed by atoms with E-state index in [1.54, 1.807) is 30.3 Å². The molecule has 0 bridgehead atoms. The molecule has 4 heterocycles. The lowest BCUT2D eigenvalue weighted by Gasteiger charge is -2.19. The number of hydrogen-bond acceptors (Lipinski definition) is 9. The van der Waals surface area contributed by atoms with E-state index in [4.69, 9.17) is 9.26 Å². The second kappa shape index (κ2) is 11.1. The number of rotatable bonds is 9. The zero-order chi connectivity index (χ0) is 29.7. The number of ether oxygens (including phenoxy) is 1. The molecule has 0 radical (unpaired) electrons. The van der Waals surface area contributed by atoms with Crippen molar-refractivity contribution in [2.45, 2.75) is 57.5 Å². The number of alkyl halides is 2. The van der Waals surface area contributed by atoms with Crippen LogP contribution in [0, 0.1) is 5.92 Å². The Kier molecular flexibility index (Phi) is 7.12. The zero-order valence-corrected chi connectivity index (χ0v) is 24.1. The van der Waals surface area contributed by atoms with Crippen molar-refractivity contribution in [2.24, 2.45) is 5.92 Å². The third-order valence-electron chi connectivity index (χ3n) is 7.99. The molecular weight excluding hydrogens is 578 g/mol. The summed E-state index contributed by atoms with van der Waals surface area (Å²) in [6.45, 7) is 3.71. The van der Waals surface area contributed by atoms with Crippen molar-refractivity contribution in [1.82, 2.24) is 30.1 Å². The Morgan fingerprint density at radius 2 is 1.81 bits per heavy atom. The van der Waals surface area contributed by atoms with Gasteiger partial charge in [-0.2, -0.15) is 4.98 Å². The van der Waals surface area contributed by atoms with Crippen LogP contribution in [0.15, 0.2) is 47.0 Å². The molecule has 2 aliphatic heterocycles. The summed E-state index contributed by atoms with van der Waals surface area (Å²) in [5, 5.41) is 11.7. The molecule has 3 fully saturated rings. The molecule has 13 heteroatoms. The van der Waals surface area contributed by atoms with E-state index in [-0.39, 0.29) is 28.7 Å². The third kappa shape index (κ3) is 5.73. The van der Waals surface area contributed by atoms with Crippen LogP contribution in [-0.4, -0.2) is 61.1 Å². The minimum atomic E-state index is -2.67. The normalized spacial score (nSPS) is 20.6. The fourth-order valence-electron chi connectivity index (χ4n) is 5.63. The molecule has 0 spiro atoms. The van der Waals surface area contributed by atoms with Crippen LogP contribution in [0.1, 0.15) is 61.3 Å². The number of carbonyl (C=O) groups excluding carboxylic acids is 2. The predicted molar refractivity (Wildman–Crippen MR) is 151 cm³/mol. The van der Waals surface area contributed by atoms with E-state index in [1.807, 2.05) is 21.9 Å². The van der Waals surface area contributed by atoms with Gasteiger partial charge < -0.3 is 19.1 Å². The fourth-order valence-corrected chi connectivity index (χ4v) is 6.34. The van der Waals surface area contributed by atoms with Gasteiger partial charge in [0.2, 0.25) is 11.8 Å². The van der Waals surface area contributed by atoms with Crippen LogP contribution < -0.4 is 4.74 Å². The van der Waals surface area contributed by atoms with Gasteiger partial charge in [-0.3, -0.25) is 9.59 Å². The van der Waals surface area contributed by atoms with E-state index in [1.165, 1.54) is 0 Å². The maximum absolute atomic E-state index is 13.0. The predicted octanol–water partition coefficient (Wildman–Crippen LogP) is 5.83. The van der Waals surface area contributed by atoms with Crippen LogP contribution in [0.5, 0.6) is 11.5 Å². The number of hydrogen-bond donors (Lipinski definition) is 0. The Hall–Kier alpha value is -4.26. The Labute approximate surface area is 249 Å². The Morgan fingerprint density at radius 3 is 2.51 bits per heavy atom. The SMILES string of the molecule is C[C@H]1CC(=O)N(Cc2ccc(-c3nc([C@H]4CC(=O)N(C5CC5)C4)no3)cc2Oc2ccc(-c3nnc(C(F)F)s3)cc2)C1. The highest BCUT2D eigenvalue weighted by Gasteiger charge is 2.41. The zero-order valence-electron chi connectivity index (χ0n) is 23.3. The molecule has 3 aliphatic rings. The van der Waals surface area contributed by atoms with Gasteiger partial charge in [-0.05, 0) is 55.2 Å². The highest BCUT2D eigenvalue weighted by Crippen LogP contribution is 2.38. The highest BCUT2D eigenvalue weighted by atomic mass is 32.1. The number of halogens is 2. The van der Waals surface area contributed by atoms with Gasteiger partial charge >= 0.3 is 0 Å². The maximum atomic E-state index is 13.0. The molecule has 10 nitrogen and oxygen atoms in total. The smallest absolute Gasteiger partial charge is 0.291 e. The van der Waals surface area contributed by atoms with Gasteiger partial charge in [0.25, 0.3) is 12.3 Å². The quantitative estimate of drug-likeness (QED) is 0.234. The van der Waals surface area contributed by atoms with E-state index < -0.39 is 6.43 Å². The molecule has 2 saturated heterocycles. The lowest BCUT2D eigenvalue weighted by molar-refractivity contribution is -0.129. The van der Waals surface area contributed by atoms with Crippen LogP contribution in [0.4, 0.5) is 8.78 Å². The summed E-state index contributed by atoms with van der Waals surface area (Å²) in [6.07, 6.45) is 0.329. The molecule has 0 N–H and O–H groups in total. The lowest BCUT2D eigenvalue weighted by Crippen LogP contribution is -2.27. The highest BCUT2D eigenvalue weighted by molar-refractivity contribution is 7.14. The van der Waals surface area contributed by atoms with Crippen molar-refractivity contribution in [2.75, 3.05) is 13.1 Å². The molecule has 4 aromatic rings. The van der Waals surface area contributed by atoms with Crippen molar-refractivity contribution in [3.63, 3.8) is 0 Å². The molecule has 7 rings (SSSR count). The van der Waals surface area contributed by atoms with Crippen molar-refractivity contribution in [3.05, 3.63) is 58.9 Å². The van der Waals surface area contributed by atoms with Crippen LogP contribution in [0.25, 0.3) is 22.0 Å².